The summed E-state index contributed by atoms with van der Waals surface area (Å²) in [5.41, 5.74) is 1.23. The monoisotopic (exact) mass is 370 g/mol. The maximum Gasteiger partial charge on any atom is 0.213 e. The van der Waals surface area contributed by atoms with Gasteiger partial charge in [0.25, 0.3) is 0 Å². The number of rotatable bonds is 5. The Kier molecular flexibility index (Phi) is 5.64. The Morgan fingerprint density at radius 1 is 0.926 bits per heavy atom. The molecule has 2 saturated heterocycles. The van der Waals surface area contributed by atoms with Crippen molar-refractivity contribution in [2.75, 3.05) is 69.4 Å². The molecule has 4 heterocycles. The second kappa shape index (κ2) is 8.49. The van der Waals surface area contributed by atoms with Crippen molar-refractivity contribution in [3.05, 3.63) is 36.0 Å². The number of aromatic nitrogens is 3. The van der Waals surface area contributed by atoms with Crippen LogP contribution in [0.3, 0.4) is 0 Å². The first kappa shape index (κ1) is 17.9. The SMILES string of the molecule is COc1cc(CN2CCN(c3ccc(N4CCOCC4)nn3)CC2)ccn1. The van der Waals surface area contributed by atoms with Crippen molar-refractivity contribution in [2.45, 2.75) is 6.54 Å². The molecule has 0 spiro atoms. The summed E-state index contributed by atoms with van der Waals surface area (Å²) in [5, 5.41) is 8.89. The molecule has 2 aromatic heterocycles. The van der Waals surface area contributed by atoms with Gasteiger partial charge in [-0.1, -0.05) is 0 Å². The van der Waals surface area contributed by atoms with Crippen LogP contribution in [0, 0.1) is 0 Å². The van der Waals surface area contributed by atoms with Gasteiger partial charge >= 0.3 is 0 Å². The first-order valence-corrected chi connectivity index (χ1v) is 9.44. The first-order valence-electron chi connectivity index (χ1n) is 9.44. The number of piperazine rings is 1. The Labute approximate surface area is 159 Å². The average Bonchev–Trinajstić information content (AvgIpc) is 2.75. The lowest BCUT2D eigenvalue weighted by Gasteiger charge is -2.35. The van der Waals surface area contributed by atoms with E-state index in [9.17, 15) is 0 Å². The molecule has 0 bridgehead atoms. The van der Waals surface area contributed by atoms with E-state index in [1.54, 1.807) is 13.3 Å². The van der Waals surface area contributed by atoms with E-state index in [1.165, 1.54) is 5.56 Å². The minimum atomic E-state index is 0.668. The number of morpholine rings is 1. The number of anilines is 2. The topological polar surface area (TPSA) is 66.9 Å². The summed E-state index contributed by atoms with van der Waals surface area (Å²) in [6.45, 7) is 8.09. The highest BCUT2D eigenvalue weighted by molar-refractivity contribution is 5.45. The lowest BCUT2D eigenvalue weighted by atomic mass is 10.2. The molecule has 0 amide bonds. The van der Waals surface area contributed by atoms with E-state index in [1.807, 2.05) is 12.1 Å². The van der Waals surface area contributed by atoms with Crippen molar-refractivity contribution in [1.82, 2.24) is 20.1 Å². The summed E-state index contributed by atoms with van der Waals surface area (Å²) in [5.74, 6) is 2.56. The van der Waals surface area contributed by atoms with Gasteiger partial charge in [-0.2, -0.15) is 0 Å². The number of ether oxygens (including phenoxy) is 2. The minimum Gasteiger partial charge on any atom is -0.481 e. The van der Waals surface area contributed by atoms with Crippen molar-refractivity contribution in [2.24, 2.45) is 0 Å². The zero-order valence-electron chi connectivity index (χ0n) is 15.8. The Hall–Kier alpha value is -2.45. The van der Waals surface area contributed by atoms with Gasteiger partial charge in [-0.3, -0.25) is 4.90 Å². The third-order valence-electron chi connectivity index (χ3n) is 5.08. The van der Waals surface area contributed by atoms with E-state index >= 15 is 0 Å². The molecule has 0 radical (unpaired) electrons. The molecule has 27 heavy (non-hydrogen) atoms. The number of pyridine rings is 1. The molecule has 2 aromatic rings. The summed E-state index contributed by atoms with van der Waals surface area (Å²) >= 11 is 0. The Balaban J connectivity index is 1.30. The second-order valence-corrected chi connectivity index (χ2v) is 6.82. The van der Waals surface area contributed by atoms with Crippen molar-refractivity contribution >= 4 is 11.6 Å². The van der Waals surface area contributed by atoms with E-state index in [4.69, 9.17) is 9.47 Å². The van der Waals surface area contributed by atoms with Crippen molar-refractivity contribution in [3.8, 4) is 5.88 Å². The van der Waals surface area contributed by atoms with Crippen LogP contribution in [0.1, 0.15) is 5.56 Å². The maximum atomic E-state index is 5.39. The van der Waals surface area contributed by atoms with Gasteiger partial charge < -0.3 is 19.3 Å². The third-order valence-corrected chi connectivity index (χ3v) is 5.08. The van der Waals surface area contributed by atoms with Crippen molar-refractivity contribution < 1.29 is 9.47 Å². The Bertz CT molecular complexity index is 727. The zero-order chi connectivity index (χ0) is 18.5. The van der Waals surface area contributed by atoms with Crippen LogP contribution >= 0.6 is 0 Å². The third kappa shape index (κ3) is 4.45. The van der Waals surface area contributed by atoms with Crippen molar-refractivity contribution in [3.63, 3.8) is 0 Å². The lowest BCUT2D eigenvalue weighted by Crippen LogP contribution is -2.46. The van der Waals surface area contributed by atoms with Gasteiger partial charge in [-0.25, -0.2) is 4.98 Å². The van der Waals surface area contributed by atoms with Gasteiger partial charge in [0.05, 0.1) is 20.3 Å². The minimum absolute atomic E-state index is 0.668. The van der Waals surface area contributed by atoms with Gasteiger partial charge in [0.15, 0.2) is 11.6 Å². The predicted octanol–water partition coefficient (Wildman–Crippen LogP) is 1.04. The number of hydrogen-bond donors (Lipinski definition) is 0. The summed E-state index contributed by atoms with van der Waals surface area (Å²) in [6, 6.07) is 8.21. The maximum absolute atomic E-state index is 5.39. The lowest BCUT2D eigenvalue weighted by molar-refractivity contribution is 0.122. The van der Waals surface area contributed by atoms with Crippen LogP contribution < -0.4 is 14.5 Å². The molecular weight excluding hydrogens is 344 g/mol. The van der Waals surface area contributed by atoms with Gasteiger partial charge in [0.2, 0.25) is 5.88 Å². The van der Waals surface area contributed by atoms with E-state index in [2.05, 4.69) is 42.0 Å². The largest absolute Gasteiger partial charge is 0.481 e. The fourth-order valence-corrected chi connectivity index (χ4v) is 3.50. The summed E-state index contributed by atoms with van der Waals surface area (Å²) in [6.07, 6.45) is 1.80. The molecule has 0 atom stereocenters. The smallest absolute Gasteiger partial charge is 0.213 e. The van der Waals surface area contributed by atoms with E-state index < -0.39 is 0 Å². The zero-order valence-corrected chi connectivity index (χ0v) is 15.8. The number of hydrogen-bond acceptors (Lipinski definition) is 8. The van der Waals surface area contributed by atoms with E-state index in [0.29, 0.717) is 5.88 Å². The van der Waals surface area contributed by atoms with Crippen LogP contribution in [0.25, 0.3) is 0 Å². The molecule has 8 nitrogen and oxygen atoms in total. The van der Waals surface area contributed by atoms with Crippen LogP contribution in [0.5, 0.6) is 5.88 Å². The van der Waals surface area contributed by atoms with E-state index in [-0.39, 0.29) is 0 Å². The highest BCUT2D eigenvalue weighted by Crippen LogP contribution is 2.18. The fourth-order valence-electron chi connectivity index (χ4n) is 3.50. The molecular formula is C19H26N6O2. The van der Waals surface area contributed by atoms with Crippen molar-refractivity contribution in [1.29, 1.82) is 0 Å². The summed E-state index contributed by atoms with van der Waals surface area (Å²) < 4.78 is 10.6. The standard InChI is InChI=1S/C19H26N6O2/c1-26-19-14-16(4-5-20-19)15-23-6-8-24(9-7-23)17-2-3-18(22-21-17)25-10-12-27-13-11-25/h2-5,14H,6-13,15H2,1H3. The van der Waals surface area contributed by atoms with Gasteiger partial charge in [0, 0.05) is 58.1 Å². The molecule has 0 aromatic carbocycles. The molecule has 8 heteroatoms. The van der Waals surface area contributed by atoms with Crippen LogP contribution in [0.2, 0.25) is 0 Å². The average molecular weight is 370 g/mol. The first-order chi connectivity index (χ1) is 13.3. The highest BCUT2D eigenvalue weighted by Gasteiger charge is 2.19. The molecule has 144 valence electrons. The summed E-state index contributed by atoms with van der Waals surface area (Å²) in [4.78, 5) is 11.1. The quantitative estimate of drug-likeness (QED) is 0.773. The second-order valence-electron chi connectivity index (χ2n) is 6.82. The van der Waals surface area contributed by atoms with Crippen LogP contribution in [-0.2, 0) is 11.3 Å². The molecule has 4 rings (SSSR count). The van der Waals surface area contributed by atoms with E-state index in [0.717, 1.165) is 70.7 Å². The molecule has 2 fully saturated rings. The predicted molar refractivity (Wildman–Crippen MR) is 103 cm³/mol. The highest BCUT2D eigenvalue weighted by atomic mass is 16.5. The van der Waals surface area contributed by atoms with Crippen LogP contribution in [0.15, 0.2) is 30.5 Å². The fraction of sp³-hybridized carbons (Fsp3) is 0.526. The Morgan fingerprint density at radius 2 is 1.59 bits per heavy atom. The Morgan fingerprint density at radius 3 is 2.22 bits per heavy atom. The molecule has 2 aliphatic heterocycles. The summed E-state index contributed by atoms with van der Waals surface area (Å²) in [7, 11) is 1.65. The molecule has 0 saturated carbocycles. The molecule has 0 unspecified atom stereocenters. The molecule has 0 N–H and O–H groups in total. The van der Waals surface area contributed by atoms with Crippen LogP contribution in [0.4, 0.5) is 11.6 Å². The molecule has 0 aliphatic carbocycles. The number of nitrogens with zero attached hydrogens (tertiary/aromatic N) is 6. The molecule has 2 aliphatic rings. The van der Waals surface area contributed by atoms with Gasteiger partial charge in [-0.05, 0) is 23.8 Å². The van der Waals surface area contributed by atoms with Gasteiger partial charge in [0.1, 0.15) is 0 Å². The number of methoxy groups -OCH3 is 1. The van der Waals surface area contributed by atoms with Gasteiger partial charge in [-0.15, -0.1) is 10.2 Å². The van der Waals surface area contributed by atoms with Crippen LogP contribution in [-0.4, -0.2) is 79.7 Å². The normalized spacial score (nSPS) is 18.6.